The van der Waals surface area contributed by atoms with Gasteiger partial charge in [0.2, 0.25) is 8.32 Å². The molecule has 0 amide bonds. The van der Waals surface area contributed by atoms with Crippen LogP contribution in [0.25, 0.3) is 6.08 Å². The highest BCUT2D eigenvalue weighted by molar-refractivity contribution is 6.93. The zero-order valence-corrected chi connectivity index (χ0v) is 16.9. The lowest BCUT2D eigenvalue weighted by Gasteiger charge is -2.38. The van der Waals surface area contributed by atoms with Crippen LogP contribution in [0.3, 0.4) is 0 Å². The maximum Gasteiger partial charge on any atom is 0.311 e. The first kappa shape index (κ1) is 17.6. The predicted octanol–water partition coefficient (Wildman–Crippen LogP) is 4.31. The Morgan fingerprint density at radius 1 is 0.900 bits per heavy atom. The van der Waals surface area contributed by atoms with Crippen molar-refractivity contribution in [3.63, 3.8) is 0 Å². The number of hydrogen-bond donors (Lipinski definition) is 0. The standard InChI is InChI=1S/C15H28O2Si3/c1-9-14-12-10-11-13-15(14)19(5,6)17-20(7,8)16-18(2,3)4/h9-13H,1H2,2-8H3. The molecule has 0 fully saturated rings. The Kier molecular flexibility index (Phi) is 5.37. The summed E-state index contributed by atoms with van der Waals surface area (Å²) in [5.74, 6) is 0. The Morgan fingerprint density at radius 2 is 1.45 bits per heavy atom. The molecule has 1 aromatic rings. The summed E-state index contributed by atoms with van der Waals surface area (Å²) in [5.41, 5.74) is 1.18. The van der Waals surface area contributed by atoms with Gasteiger partial charge < -0.3 is 8.23 Å². The van der Waals surface area contributed by atoms with E-state index < -0.39 is 25.2 Å². The van der Waals surface area contributed by atoms with Gasteiger partial charge in [-0.3, -0.25) is 0 Å². The molecule has 0 radical (unpaired) electrons. The molecule has 0 atom stereocenters. The second-order valence-electron chi connectivity index (χ2n) is 7.02. The molecule has 1 aromatic carbocycles. The molecular weight excluding hydrogens is 296 g/mol. The minimum Gasteiger partial charge on any atom is -0.437 e. The molecule has 20 heavy (non-hydrogen) atoms. The van der Waals surface area contributed by atoms with E-state index in [0.717, 1.165) is 0 Å². The number of hydrogen-bond acceptors (Lipinski definition) is 2. The third-order valence-corrected chi connectivity index (χ3v) is 13.1. The molecule has 0 heterocycles. The van der Waals surface area contributed by atoms with E-state index in [1.54, 1.807) is 0 Å². The van der Waals surface area contributed by atoms with Crippen LogP contribution in [-0.4, -0.2) is 25.2 Å². The van der Waals surface area contributed by atoms with Crippen molar-refractivity contribution >= 4 is 36.5 Å². The molecule has 0 saturated heterocycles. The van der Waals surface area contributed by atoms with E-state index in [1.165, 1.54) is 10.8 Å². The quantitative estimate of drug-likeness (QED) is 0.726. The van der Waals surface area contributed by atoms with Crippen LogP contribution < -0.4 is 5.19 Å². The molecule has 0 aliphatic carbocycles. The Hall–Kier alpha value is -0.469. The Morgan fingerprint density at radius 3 is 1.95 bits per heavy atom. The van der Waals surface area contributed by atoms with Crippen molar-refractivity contribution in [1.29, 1.82) is 0 Å². The first-order valence-corrected chi connectivity index (χ1v) is 16.2. The van der Waals surface area contributed by atoms with Crippen molar-refractivity contribution in [2.45, 2.75) is 45.8 Å². The van der Waals surface area contributed by atoms with E-state index in [0.29, 0.717) is 0 Å². The van der Waals surface area contributed by atoms with Gasteiger partial charge >= 0.3 is 8.56 Å². The lowest BCUT2D eigenvalue weighted by atomic mass is 10.2. The van der Waals surface area contributed by atoms with Gasteiger partial charge in [0.1, 0.15) is 0 Å². The molecule has 0 N–H and O–H groups in total. The third kappa shape index (κ3) is 5.14. The maximum absolute atomic E-state index is 6.57. The fraction of sp³-hybridized carbons (Fsp3) is 0.467. The second-order valence-corrected chi connectivity index (χ2v) is 19.2. The van der Waals surface area contributed by atoms with Crippen molar-refractivity contribution in [3.05, 3.63) is 36.4 Å². The molecule has 0 bridgehead atoms. The van der Waals surface area contributed by atoms with Gasteiger partial charge in [0.25, 0.3) is 0 Å². The fourth-order valence-corrected chi connectivity index (χ4v) is 15.8. The molecule has 0 saturated carbocycles. The zero-order chi connectivity index (χ0) is 15.6. The Bertz CT molecular complexity index is 476. The SMILES string of the molecule is C=Cc1ccccc1[Si](C)(C)O[Si](C)(C)O[Si](C)(C)C. The van der Waals surface area contributed by atoms with Crippen LogP contribution in [0.15, 0.2) is 30.8 Å². The summed E-state index contributed by atoms with van der Waals surface area (Å²) in [6, 6.07) is 8.40. The molecule has 0 aromatic heterocycles. The van der Waals surface area contributed by atoms with Crippen LogP contribution in [-0.2, 0) is 8.23 Å². The zero-order valence-electron chi connectivity index (χ0n) is 13.9. The van der Waals surface area contributed by atoms with Crippen molar-refractivity contribution in [2.24, 2.45) is 0 Å². The number of rotatable bonds is 6. The summed E-state index contributed by atoms with van der Waals surface area (Å²) in [7, 11) is -5.67. The summed E-state index contributed by atoms with van der Waals surface area (Å²) in [5, 5.41) is 1.30. The van der Waals surface area contributed by atoms with Crippen molar-refractivity contribution < 1.29 is 8.23 Å². The summed E-state index contributed by atoms with van der Waals surface area (Å²) in [4.78, 5) is 0. The molecule has 1 rings (SSSR count). The molecule has 0 spiro atoms. The monoisotopic (exact) mass is 324 g/mol. The van der Waals surface area contributed by atoms with Gasteiger partial charge in [-0.05, 0) is 56.6 Å². The van der Waals surface area contributed by atoms with Crippen LogP contribution in [0.1, 0.15) is 5.56 Å². The fourth-order valence-electron chi connectivity index (χ4n) is 2.65. The first-order chi connectivity index (χ1) is 8.97. The maximum atomic E-state index is 6.57. The van der Waals surface area contributed by atoms with Gasteiger partial charge in [-0.15, -0.1) is 0 Å². The summed E-state index contributed by atoms with van der Waals surface area (Å²) in [6.07, 6.45) is 1.92. The van der Waals surface area contributed by atoms with E-state index in [2.05, 4.69) is 70.6 Å². The van der Waals surface area contributed by atoms with E-state index in [4.69, 9.17) is 8.23 Å². The molecule has 0 unspecified atom stereocenters. The molecule has 112 valence electrons. The van der Waals surface area contributed by atoms with Gasteiger partial charge in [-0.2, -0.15) is 0 Å². The van der Waals surface area contributed by atoms with Crippen LogP contribution in [0.5, 0.6) is 0 Å². The average molecular weight is 325 g/mol. The first-order valence-electron chi connectivity index (χ1n) is 7.09. The largest absolute Gasteiger partial charge is 0.437 e. The lowest BCUT2D eigenvalue weighted by Crippen LogP contribution is -2.57. The van der Waals surface area contributed by atoms with Crippen LogP contribution >= 0.6 is 0 Å². The molecule has 5 heteroatoms. The van der Waals surface area contributed by atoms with E-state index in [-0.39, 0.29) is 0 Å². The second kappa shape index (κ2) is 6.11. The third-order valence-electron chi connectivity index (χ3n) is 2.88. The highest BCUT2D eigenvalue weighted by Crippen LogP contribution is 2.21. The van der Waals surface area contributed by atoms with Crippen LogP contribution in [0.4, 0.5) is 0 Å². The topological polar surface area (TPSA) is 18.5 Å². The van der Waals surface area contributed by atoms with Crippen LogP contribution in [0, 0.1) is 0 Å². The highest BCUT2D eigenvalue weighted by Gasteiger charge is 2.39. The van der Waals surface area contributed by atoms with Gasteiger partial charge in [0.15, 0.2) is 8.32 Å². The molecule has 0 aliphatic rings. The van der Waals surface area contributed by atoms with Crippen molar-refractivity contribution in [3.8, 4) is 0 Å². The van der Waals surface area contributed by atoms with E-state index in [1.807, 2.05) is 12.1 Å². The molecule has 2 nitrogen and oxygen atoms in total. The van der Waals surface area contributed by atoms with E-state index >= 15 is 0 Å². The predicted molar refractivity (Wildman–Crippen MR) is 96.6 cm³/mol. The van der Waals surface area contributed by atoms with Gasteiger partial charge in [-0.1, -0.05) is 36.9 Å². The number of benzene rings is 1. The normalized spacial score (nSPS) is 13.3. The van der Waals surface area contributed by atoms with Crippen LogP contribution in [0.2, 0.25) is 45.8 Å². The minimum atomic E-state index is -2.10. The van der Waals surface area contributed by atoms with Gasteiger partial charge in [-0.25, -0.2) is 0 Å². The summed E-state index contributed by atoms with van der Waals surface area (Å²) >= 11 is 0. The summed E-state index contributed by atoms with van der Waals surface area (Å²) < 4.78 is 12.9. The smallest absolute Gasteiger partial charge is 0.311 e. The Balaban J connectivity index is 3.02. The van der Waals surface area contributed by atoms with E-state index in [9.17, 15) is 0 Å². The van der Waals surface area contributed by atoms with Crippen molar-refractivity contribution in [1.82, 2.24) is 0 Å². The highest BCUT2D eigenvalue weighted by atomic mass is 28.5. The lowest BCUT2D eigenvalue weighted by molar-refractivity contribution is 0.398. The average Bonchev–Trinajstić information content (AvgIpc) is 2.24. The Labute approximate surface area is 127 Å². The molecular formula is C15H28O2Si3. The minimum absolute atomic E-state index is 1.18. The van der Waals surface area contributed by atoms with Crippen molar-refractivity contribution in [2.75, 3.05) is 0 Å². The van der Waals surface area contributed by atoms with Gasteiger partial charge in [0, 0.05) is 0 Å². The summed E-state index contributed by atoms with van der Waals surface area (Å²) in [6.45, 7) is 19.4. The molecule has 0 aliphatic heterocycles. The van der Waals surface area contributed by atoms with Gasteiger partial charge in [0.05, 0.1) is 0 Å².